The van der Waals surface area contributed by atoms with Crippen LogP contribution in [0.1, 0.15) is 32.1 Å². The molecule has 0 saturated heterocycles. The van der Waals surface area contributed by atoms with Gasteiger partial charge in [-0.05, 0) is 25.7 Å². The van der Waals surface area contributed by atoms with E-state index in [0.717, 1.165) is 25.7 Å². The largest absolute Gasteiger partial charge is 0.383 e. The van der Waals surface area contributed by atoms with Gasteiger partial charge in [0.1, 0.15) is 0 Å². The third-order valence-corrected chi connectivity index (χ3v) is 3.40. The molecule has 17 heavy (non-hydrogen) atoms. The SMILES string of the molecule is COCC(N)CCNC(=O)CC1(OC)CCC1. The molecular formula is C12H24N2O3. The summed E-state index contributed by atoms with van der Waals surface area (Å²) in [5.41, 5.74) is 5.56. The number of hydrogen-bond acceptors (Lipinski definition) is 4. The summed E-state index contributed by atoms with van der Waals surface area (Å²) >= 11 is 0. The highest BCUT2D eigenvalue weighted by molar-refractivity contribution is 5.77. The van der Waals surface area contributed by atoms with Crippen LogP contribution in [0.5, 0.6) is 0 Å². The van der Waals surface area contributed by atoms with E-state index >= 15 is 0 Å². The van der Waals surface area contributed by atoms with Crippen LogP contribution in [0.3, 0.4) is 0 Å². The summed E-state index contributed by atoms with van der Waals surface area (Å²) in [6.07, 6.45) is 4.32. The molecule has 1 saturated carbocycles. The lowest BCUT2D eigenvalue weighted by molar-refractivity contribution is -0.134. The first kappa shape index (κ1) is 14.4. The monoisotopic (exact) mass is 244 g/mol. The maximum absolute atomic E-state index is 11.7. The summed E-state index contributed by atoms with van der Waals surface area (Å²) in [5.74, 6) is 0.0520. The topological polar surface area (TPSA) is 73.6 Å². The first-order valence-corrected chi connectivity index (χ1v) is 6.18. The number of nitrogens with two attached hydrogens (primary N) is 1. The van der Waals surface area contributed by atoms with Crippen molar-refractivity contribution in [3.63, 3.8) is 0 Å². The van der Waals surface area contributed by atoms with Crippen LogP contribution in [0, 0.1) is 0 Å². The van der Waals surface area contributed by atoms with E-state index in [9.17, 15) is 4.79 Å². The second-order valence-electron chi connectivity index (χ2n) is 4.77. The summed E-state index contributed by atoms with van der Waals surface area (Å²) in [6.45, 7) is 1.13. The molecule has 1 unspecified atom stereocenters. The molecule has 0 heterocycles. The Kier molecular flexibility index (Phi) is 5.88. The quantitative estimate of drug-likeness (QED) is 0.649. The van der Waals surface area contributed by atoms with E-state index in [4.69, 9.17) is 15.2 Å². The number of carbonyl (C=O) groups is 1. The standard InChI is InChI=1S/C12H24N2O3/c1-16-9-10(13)4-7-14-11(15)8-12(17-2)5-3-6-12/h10H,3-9,13H2,1-2H3,(H,14,15). The molecule has 0 bridgehead atoms. The van der Waals surface area contributed by atoms with Crippen LogP contribution in [0.15, 0.2) is 0 Å². The molecule has 0 spiro atoms. The van der Waals surface area contributed by atoms with E-state index in [2.05, 4.69) is 5.32 Å². The molecule has 3 N–H and O–H groups in total. The number of amides is 1. The summed E-state index contributed by atoms with van der Waals surface area (Å²) in [6, 6.07) is -0.0135. The van der Waals surface area contributed by atoms with Crippen molar-refractivity contribution in [1.82, 2.24) is 5.32 Å². The lowest BCUT2D eigenvalue weighted by Crippen LogP contribution is -2.44. The van der Waals surface area contributed by atoms with Gasteiger partial charge in [-0.25, -0.2) is 0 Å². The molecule has 0 aliphatic heterocycles. The van der Waals surface area contributed by atoms with Crippen molar-refractivity contribution in [3.05, 3.63) is 0 Å². The van der Waals surface area contributed by atoms with Gasteiger partial charge in [0.25, 0.3) is 0 Å². The van der Waals surface area contributed by atoms with Gasteiger partial charge in [0.05, 0.1) is 18.6 Å². The van der Waals surface area contributed by atoms with E-state index in [1.807, 2.05) is 0 Å². The highest BCUT2D eigenvalue weighted by atomic mass is 16.5. The molecule has 1 rings (SSSR count). The molecule has 0 aromatic carbocycles. The molecule has 100 valence electrons. The molecule has 5 nitrogen and oxygen atoms in total. The van der Waals surface area contributed by atoms with E-state index in [-0.39, 0.29) is 17.6 Å². The summed E-state index contributed by atoms with van der Waals surface area (Å²) in [7, 11) is 3.30. The molecule has 0 aromatic heterocycles. The van der Waals surface area contributed by atoms with Gasteiger partial charge >= 0.3 is 0 Å². The molecule has 1 fully saturated rings. The average molecular weight is 244 g/mol. The normalized spacial score (nSPS) is 19.5. The van der Waals surface area contributed by atoms with Crippen molar-refractivity contribution in [3.8, 4) is 0 Å². The predicted octanol–water partition coefficient (Wildman–Crippen LogP) is 0.426. The molecule has 1 amide bonds. The minimum Gasteiger partial charge on any atom is -0.383 e. The summed E-state index contributed by atoms with van der Waals surface area (Å²) in [4.78, 5) is 11.7. The molecule has 0 radical (unpaired) electrons. The number of hydrogen-bond donors (Lipinski definition) is 2. The zero-order valence-corrected chi connectivity index (χ0v) is 10.8. The van der Waals surface area contributed by atoms with Crippen molar-refractivity contribution in [2.45, 2.75) is 43.7 Å². The minimum absolute atomic E-state index is 0.0135. The number of methoxy groups -OCH3 is 2. The molecule has 1 atom stereocenters. The van der Waals surface area contributed by atoms with E-state index < -0.39 is 0 Å². The van der Waals surface area contributed by atoms with Gasteiger partial charge in [0.2, 0.25) is 5.91 Å². The number of rotatable bonds is 8. The van der Waals surface area contributed by atoms with Crippen LogP contribution >= 0.6 is 0 Å². The van der Waals surface area contributed by atoms with Gasteiger partial charge in [-0.1, -0.05) is 0 Å². The van der Waals surface area contributed by atoms with Crippen LogP contribution in [-0.2, 0) is 14.3 Å². The molecule has 0 aromatic rings. The zero-order valence-electron chi connectivity index (χ0n) is 10.8. The van der Waals surface area contributed by atoms with Crippen LogP contribution < -0.4 is 11.1 Å². The Hall–Kier alpha value is -0.650. The maximum atomic E-state index is 11.7. The number of ether oxygens (including phenoxy) is 2. The van der Waals surface area contributed by atoms with Crippen LogP contribution in [0.25, 0.3) is 0 Å². The van der Waals surface area contributed by atoms with Crippen LogP contribution in [0.4, 0.5) is 0 Å². The summed E-state index contributed by atoms with van der Waals surface area (Å²) in [5, 5.41) is 2.88. The Balaban J connectivity index is 2.13. The van der Waals surface area contributed by atoms with Gasteiger partial charge in [0.15, 0.2) is 0 Å². The second-order valence-corrected chi connectivity index (χ2v) is 4.77. The van der Waals surface area contributed by atoms with Gasteiger partial charge in [-0.3, -0.25) is 4.79 Å². The molecule has 1 aliphatic carbocycles. The predicted molar refractivity (Wildman–Crippen MR) is 65.7 cm³/mol. The van der Waals surface area contributed by atoms with Crippen LogP contribution in [-0.4, -0.2) is 44.9 Å². The van der Waals surface area contributed by atoms with Gasteiger partial charge in [-0.2, -0.15) is 0 Å². The first-order valence-electron chi connectivity index (χ1n) is 6.18. The van der Waals surface area contributed by atoms with Crippen molar-refractivity contribution in [1.29, 1.82) is 0 Å². The third kappa shape index (κ3) is 4.61. The van der Waals surface area contributed by atoms with Gasteiger partial charge in [0, 0.05) is 26.8 Å². The molecular weight excluding hydrogens is 220 g/mol. The lowest BCUT2D eigenvalue weighted by Gasteiger charge is -2.39. The molecule has 5 heteroatoms. The Morgan fingerprint density at radius 2 is 2.18 bits per heavy atom. The zero-order chi connectivity index (χ0) is 12.7. The smallest absolute Gasteiger partial charge is 0.222 e. The van der Waals surface area contributed by atoms with Crippen molar-refractivity contribution in [2.75, 3.05) is 27.4 Å². The maximum Gasteiger partial charge on any atom is 0.222 e. The van der Waals surface area contributed by atoms with E-state index in [1.165, 1.54) is 0 Å². The van der Waals surface area contributed by atoms with Crippen molar-refractivity contribution >= 4 is 5.91 Å². The van der Waals surface area contributed by atoms with E-state index in [1.54, 1.807) is 14.2 Å². The number of carbonyl (C=O) groups excluding carboxylic acids is 1. The van der Waals surface area contributed by atoms with Crippen molar-refractivity contribution < 1.29 is 14.3 Å². The Morgan fingerprint density at radius 3 is 2.65 bits per heavy atom. The fourth-order valence-corrected chi connectivity index (χ4v) is 2.07. The lowest BCUT2D eigenvalue weighted by atomic mass is 9.77. The highest BCUT2D eigenvalue weighted by Gasteiger charge is 2.38. The number of nitrogens with one attached hydrogen (secondary N) is 1. The highest BCUT2D eigenvalue weighted by Crippen LogP contribution is 2.37. The van der Waals surface area contributed by atoms with Crippen molar-refractivity contribution in [2.24, 2.45) is 5.73 Å². The fraction of sp³-hybridized carbons (Fsp3) is 0.917. The van der Waals surface area contributed by atoms with Gasteiger partial charge < -0.3 is 20.5 Å². The second kappa shape index (κ2) is 6.93. The van der Waals surface area contributed by atoms with Gasteiger partial charge in [-0.15, -0.1) is 0 Å². The molecule has 1 aliphatic rings. The third-order valence-electron chi connectivity index (χ3n) is 3.40. The minimum atomic E-state index is -0.196. The summed E-state index contributed by atoms with van der Waals surface area (Å²) < 4.78 is 10.3. The van der Waals surface area contributed by atoms with Crippen LogP contribution in [0.2, 0.25) is 0 Å². The average Bonchev–Trinajstić information content (AvgIpc) is 2.24. The fourth-order valence-electron chi connectivity index (χ4n) is 2.07. The Bertz CT molecular complexity index is 236. The Morgan fingerprint density at radius 1 is 1.47 bits per heavy atom. The first-order chi connectivity index (χ1) is 8.12. The van der Waals surface area contributed by atoms with E-state index in [0.29, 0.717) is 19.6 Å². The Labute approximate surface area is 103 Å².